The molecule has 18 heavy (non-hydrogen) atoms. The molecule has 1 aliphatic heterocycles. The third-order valence-corrected chi connectivity index (χ3v) is 4.94. The van der Waals surface area contributed by atoms with Crippen molar-refractivity contribution in [1.29, 1.82) is 0 Å². The molecule has 1 aromatic heterocycles. The van der Waals surface area contributed by atoms with Gasteiger partial charge in [-0.05, 0) is 19.4 Å². The molecule has 2 rings (SSSR count). The number of H-pyrrole nitrogens is 1. The van der Waals surface area contributed by atoms with Gasteiger partial charge >= 0.3 is 0 Å². The fourth-order valence-corrected chi connectivity index (χ4v) is 4.01. The SMILES string of the molecule is CCN(C(=O)c1cc(N)c[nH]1)C1CCS(=O)(=O)C1. The predicted octanol–water partition coefficient (Wildman–Crippen LogP) is 0.246. The molecule has 1 amide bonds. The maximum absolute atomic E-state index is 12.2. The molecule has 1 unspecified atom stereocenters. The summed E-state index contributed by atoms with van der Waals surface area (Å²) in [6.07, 6.45) is 2.06. The number of nitrogens with zero attached hydrogens (tertiary/aromatic N) is 1. The summed E-state index contributed by atoms with van der Waals surface area (Å²) >= 11 is 0. The van der Waals surface area contributed by atoms with Gasteiger partial charge in [-0.2, -0.15) is 0 Å². The first-order chi connectivity index (χ1) is 8.43. The second-order valence-corrected chi connectivity index (χ2v) is 6.72. The third-order valence-electron chi connectivity index (χ3n) is 3.19. The highest BCUT2D eigenvalue weighted by atomic mass is 32.2. The van der Waals surface area contributed by atoms with Gasteiger partial charge in [-0.1, -0.05) is 0 Å². The molecule has 6 nitrogen and oxygen atoms in total. The van der Waals surface area contributed by atoms with E-state index in [9.17, 15) is 13.2 Å². The number of rotatable bonds is 3. The molecule has 0 aliphatic carbocycles. The van der Waals surface area contributed by atoms with Crippen LogP contribution < -0.4 is 5.73 Å². The Balaban J connectivity index is 2.17. The summed E-state index contributed by atoms with van der Waals surface area (Å²) in [6, 6.07) is 1.34. The normalized spacial score (nSPS) is 21.9. The summed E-state index contributed by atoms with van der Waals surface area (Å²) in [4.78, 5) is 16.6. The van der Waals surface area contributed by atoms with E-state index < -0.39 is 9.84 Å². The Kier molecular flexibility index (Phi) is 3.34. The summed E-state index contributed by atoms with van der Waals surface area (Å²) < 4.78 is 22.9. The van der Waals surface area contributed by atoms with Gasteiger partial charge in [0.05, 0.1) is 11.5 Å². The van der Waals surface area contributed by atoms with Crippen LogP contribution in [0.25, 0.3) is 0 Å². The van der Waals surface area contributed by atoms with Crippen molar-refractivity contribution in [2.45, 2.75) is 19.4 Å². The van der Waals surface area contributed by atoms with E-state index in [-0.39, 0.29) is 23.5 Å². The van der Waals surface area contributed by atoms with Gasteiger partial charge in [-0.25, -0.2) is 8.42 Å². The molecular formula is C11H17N3O3S. The molecule has 1 aliphatic rings. The fourth-order valence-electron chi connectivity index (χ4n) is 2.28. The molecule has 0 aromatic carbocycles. The molecule has 0 bridgehead atoms. The van der Waals surface area contributed by atoms with Gasteiger partial charge in [0, 0.05) is 24.5 Å². The molecule has 1 aromatic rings. The summed E-state index contributed by atoms with van der Waals surface area (Å²) in [5.41, 5.74) is 6.45. The number of aromatic nitrogens is 1. The number of sulfone groups is 1. The van der Waals surface area contributed by atoms with Gasteiger partial charge in [0.15, 0.2) is 9.84 Å². The van der Waals surface area contributed by atoms with Crippen molar-refractivity contribution in [2.75, 3.05) is 23.8 Å². The summed E-state index contributed by atoms with van der Waals surface area (Å²) in [5.74, 6) is 0.0215. The molecule has 0 spiro atoms. The minimum absolute atomic E-state index is 0.0583. The number of amides is 1. The second-order valence-electron chi connectivity index (χ2n) is 4.49. The Bertz CT molecular complexity index is 550. The zero-order valence-electron chi connectivity index (χ0n) is 10.2. The summed E-state index contributed by atoms with van der Waals surface area (Å²) in [7, 11) is -2.99. The molecule has 1 saturated heterocycles. The van der Waals surface area contributed by atoms with Gasteiger partial charge in [0.2, 0.25) is 0 Å². The zero-order valence-corrected chi connectivity index (χ0v) is 11.0. The zero-order chi connectivity index (χ0) is 13.3. The molecule has 3 N–H and O–H groups in total. The van der Waals surface area contributed by atoms with Crippen LogP contribution in [-0.4, -0.2) is 48.3 Å². The van der Waals surface area contributed by atoms with Crippen LogP contribution in [0, 0.1) is 0 Å². The van der Waals surface area contributed by atoms with Crippen LogP contribution in [0.4, 0.5) is 5.69 Å². The average molecular weight is 271 g/mol. The van der Waals surface area contributed by atoms with E-state index in [2.05, 4.69) is 4.98 Å². The van der Waals surface area contributed by atoms with Gasteiger partial charge in [0.1, 0.15) is 5.69 Å². The van der Waals surface area contributed by atoms with Crippen LogP contribution in [-0.2, 0) is 9.84 Å². The average Bonchev–Trinajstić information content (AvgIpc) is 2.86. The lowest BCUT2D eigenvalue weighted by molar-refractivity contribution is 0.0703. The highest BCUT2D eigenvalue weighted by molar-refractivity contribution is 7.91. The predicted molar refractivity (Wildman–Crippen MR) is 69.0 cm³/mol. The second kappa shape index (κ2) is 4.64. The van der Waals surface area contributed by atoms with Crippen molar-refractivity contribution >= 4 is 21.4 Å². The van der Waals surface area contributed by atoms with Gasteiger partial charge in [0.25, 0.3) is 5.91 Å². The maximum Gasteiger partial charge on any atom is 0.270 e. The number of nitrogen functional groups attached to an aromatic ring is 1. The first-order valence-electron chi connectivity index (χ1n) is 5.88. The Labute approximate surface area is 106 Å². The Morgan fingerprint density at radius 2 is 2.33 bits per heavy atom. The lowest BCUT2D eigenvalue weighted by Gasteiger charge is -2.26. The number of nitrogens with one attached hydrogen (secondary N) is 1. The molecule has 100 valence electrons. The monoisotopic (exact) mass is 271 g/mol. The first-order valence-corrected chi connectivity index (χ1v) is 7.70. The van der Waals surface area contributed by atoms with Gasteiger partial charge in [-0.3, -0.25) is 4.79 Å². The topological polar surface area (TPSA) is 96.3 Å². The number of hydrogen-bond acceptors (Lipinski definition) is 4. The highest BCUT2D eigenvalue weighted by Gasteiger charge is 2.34. The number of hydrogen-bond donors (Lipinski definition) is 2. The van der Waals surface area contributed by atoms with E-state index in [0.29, 0.717) is 24.3 Å². The molecular weight excluding hydrogens is 254 g/mol. The van der Waals surface area contributed by atoms with Crippen LogP contribution >= 0.6 is 0 Å². The Morgan fingerprint density at radius 3 is 2.78 bits per heavy atom. The molecule has 7 heteroatoms. The first kappa shape index (κ1) is 12.9. The Hall–Kier alpha value is -1.50. The number of aromatic amines is 1. The summed E-state index contributed by atoms with van der Waals surface area (Å²) in [6.45, 7) is 2.33. The van der Waals surface area contributed by atoms with E-state index in [1.54, 1.807) is 17.2 Å². The van der Waals surface area contributed by atoms with Gasteiger partial charge < -0.3 is 15.6 Å². The highest BCUT2D eigenvalue weighted by Crippen LogP contribution is 2.20. The largest absolute Gasteiger partial charge is 0.397 e. The summed E-state index contributed by atoms with van der Waals surface area (Å²) in [5, 5.41) is 0. The van der Waals surface area contributed by atoms with Crippen molar-refractivity contribution in [2.24, 2.45) is 0 Å². The van der Waals surface area contributed by atoms with Crippen LogP contribution in [0.15, 0.2) is 12.3 Å². The van der Waals surface area contributed by atoms with E-state index in [1.807, 2.05) is 6.92 Å². The molecule has 0 saturated carbocycles. The van der Waals surface area contributed by atoms with Crippen molar-refractivity contribution < 1.29 is 13.2 Å². The minimum Gasteiger partial charge on any atom is -0.397 e. The van der Waals surface area contributed by atoms with E-state index in [4.69, 9.17) is 5.73 Å². The van der Waals surface area contributed by atoms with Crippen molar-refractivity contribution in [3.05, 3.63) is 18.0 Å². The number of nitrogens with two attached hydrogens (primary N) is 1. The van der Waals surface area contributed by atoms with Gasteiger partial charge in [-0.15, -0.1) is 0 Å². The maximum atomic E-state index is 12.2. The third kappa shape index (κ3) is 2.50. The van der Waals surface area contributed by atoms with Crippen LogP contribution in [0.3, 0.4) is 0 Å². The lowest BCUT2D eigenvalue weighted by Crippen LogP contribution is -2.41. The fraction of sp³-hybridized carbons (Fsp3) is 0.545. The number of anilines is 1. The Morgan fingerprint density at radius 1 is 1.61 bits per heavy atom. The minimum atomic E-state index is -2.99. The molecule has 1 atom stereocenters. The van der Waals surface area contributed by atoms with E-state index in [0.717, 1.165) is 0 Å². The van der Waals surface area contributed by atoms with Crippen LogP contribution in [0.2, 0.25) is 0 Å². The molecule has 0 radical (unpaired) electrons. The molecule has 2 heterocycles. The number of carbonyl (C=O) groups excluding carboxylic acids is 1. The van der Waals surface area contributed by atoms with E-state index in [1.165, 1.54) is 0 Å². The quantitative estimate of drug-likeness (QED) is 0.823. The number of carbonyl (C=O) groups is 1. The standard InChI is InChI=1S/C11H17N3O3S/c1-2-14(9-3-4-18(16,17)7-9)11(15)10-5-8(12)6-13-10/h5-6,9,13H,2-4,7,12H2,1H3. The van der Waals surface area contributed by atoms with Crippen LogP contribution in [0.1, 0.15) is 23.8 Å². The van der Waals surface area contributed by atoms with E-state index >= 15 is 0 Å². The van der Waals surface area contributed by atoms with Crippen LogP contribution in [0.5, 0.6) is 0 Å². The van der Waals surface area contributed by atoms with Crippen molar-refractivity contribution in [1.82, 2.24) is 9.88 Å². The van der Waals surface area contributed by atoms with Crippen molar-refractivity contribution in [3.8, 4) is 0 Å². The molecule has 1 fully saturated rings. The lowest BCUT2D eigenvalue weighted by atomic mass is 10.2. The van der Waals surface area contributed by atoms with Crippen molar-refractivity contribution in [3.63, 3.8) is 0 Å². The smallest absolute Gasteiger partial charge is 0.270 e.